The monoisotopic (exact) mass is 761 g/mol. The molecule has 4 heterocycles. The molecule has 5 nitrogen and oxygen atoms in total. The summed E-state index contributed by atoms with van der Waals surface area (Å²) in [6.07, 6.45) is 4.76. The molecule has 0 saturated heterocycles. The van der Waals surface area contributed by atoms with E-state index in [1.54, 1.807) is 11.3 Å². The molecule has 0 fully saturated rings. The summed E-state index contributed by atoms with van der Waals surface area (Å²) >= 11 is 1.81. The molecule has 2 unspecified atom stereocenters. The molecule has 0 spiro atoms. The van der Waals surface area contributed by atoms with E-state index in [-0.39, 0.29) is 11.5 Å². The largest absolute Gasteiger partial charge is 0.331 e. The van der Waals surface area contributed by atoms with E-state index in [1.807, 2.05) is 18.2 Å². The molecular formula is C52H35N5S. The first kappa shape index (κ1) is 33.0. The molecule has 1 aliphatic heterocycles. The van der Waals surface area contributed by atoms with Gasteiger partial charge >= 0.3 is 0 Å². The van der Waals surface area contributed by atoms with Crippen LogP contribution < -0.4 is 4.90 Å². The van der Waals surface area contributed by atoms with E-state index < -0.39 is 0 Å². The van der Waals surface area contributed by atoms with Crippen LogP contribution in [0.25, 0.3) is 77.0 Å². The number of benzene rings is 7. The molecule has 0 radical (unpaired) electrons. The van der Waals surface area contributed by atoms with Crippen LogP contribution in [0, 0.1) is 0 Å². The van der Waals surface area contributed by atoms with Gasteiger partial charge in [-0.15, -0.1) is 11.3 Å². The zero-order valence-corrected chi connectivity index (χ0v) is 32.4. The zero-order chi connectivity index (χ0) is 38.4. The van der Waals surface area contributed by atoms with Gasteiger partial charge < -0.3 is 4.90 Å². The van der Waals surface area contributed by atoms with Gasteiger partial charge in [0.15, 0.2) is 11.6 Å². The molecular weight excluding hydrogens is 727 g/mol. The minimum atomic E-state index is -0.358. The van der Waals surface area contributed by atoms with Crippen LogP contribution >= 0.6 is 11.3 Å². The lowest BCUT2D eigenvalue weighted by molar-refractivity contribution is 0.482. The molecule has 10 aromatic rings. The number of para-hydroxylation sites is 2. The topological polar surface area (TPSA) is 46.8 Å². The van der Waals surface area contributed by atoms with Gasteiger partial charge in [0.05, 0.1) is 17.3 Å². The Balaban J connectivity index is 1.12. The number of nitrogens with zero attached hydrogens (tertiary/aromatic N) is 5. The fraction of sp³-hybridized carbons (Fsp3) is 0.0577. The van der Waals surface area contributed by atoms with Crippen LogP contribution in [0.1, 0.15) is 29.8 Å². The number of aromatic nitrogens is 4. The predicted octanol–water partition coefficient (Wildman–Crippen LogP) is 13.4. The molecule has 0 amide bonds. The lowest BCUT2D eigenvalue weighted by atomic mass is 9.73. The Bertz CT molecular complexity index is 3270. The highest BCUT2D eigenvalue weighted by molar-refractivity contribution is 7.25. The first-order chi connectivity index (χ1) is 28.6. The summed E-state index contributed by atoms with van der Waals surface area (Å²) in [6.45, 7) is 2.38. The second-order valence-electron chi connectivity index (χ2n) is 15.4. The smallest absolute Gasteiger partial charge is 0.238 e. The molecule has 58 heavy (non-hydrogen) atoms. The quantitative estimate of drug-likeness (QED) is 0.175. The van der Waals surface area contributed by atoms with Crippen molar-refractivity contribution >= 4 is 59.9 Å². The van der Waals surface area contributed by atoms with Gasteiger partial charge in [-0.25, -0.2) is 4.98 Å². The SMILES string of the molecule is CC12C=Cc3c(n(-c4nc(-c5ccccc5)nc(-c5ccc6c(c5)sc5ccccc56)n4)c4ccccc34)C1N(c1cccc(-c3ccccc3)c1)c1ccccc12. The Labute approximate surface area is 339 Å². The van der Waals surface area contributed by atoms with Gasteiger partial charge in [-0.1, -0.05) is 152 Å². The van der Waals surface area contributed by atoms with Gasteiger partial charge in [-0.05, 0) is 60.0 Å². The average Bonchev–Trinajstić information content (AvgIpc) is 3.92. The summed E-state index contributed by atoms with van der Waals surface area (Å²) in [6, 6.07) is 62.6. The maximum atomic E-state index is 5.43. The second-order valence-corrected chi connectivity index (χ2v) is 16.5. The van der Waals surface area contributed by atoms with E-state index in [4.69, 9.17) is 15.0 Å². The Morgan fingerprint density at radius 3 is 2.05 bits per heavy atom. The molecule has 0 bridgehead atoms. The van der Waals surface area contributed by atoms with Crippen molar-refractivity contribution < 1.29 is 0 Å². The summed E-state index contributed by atoms with van der Waals surface area (Å²) in [4.78, 5) is 18.5. The number of hydrogen-bond donors (Lipinski definition) is 0. The zero-order valence-electron chi connectivity index (χ0n) is 31.6. The van der Waals surface area contributed by atoms with Gasteiger partial charge in [-0.3, -0.25) is 4.57 Å². The molecule has 0 N–H and O–H groups in total. The second kappa shape index (κ2) is 12.7. The molecule has 274 valence electrons. The standard InChI is InChI=1S/C52H35N5S/c1-52-30-29-41-38-21-8-11-24-43(38)57(47(41)48(52)56(44-25-12-10-23-42(44)52)37-20-14-19-35(31-37)33-15-4-2-5-16-33)51-54-49(34-17-6-3-7-18-34)53-50(55-51)36-27-28-40-39-22-9-13-26-45(39)58-46(40)32-36/h2-32,48H,1H3. The first-order valence-electron chi connectivity index (χ1n) is 19.7. The van der Waals surface area contributed by atoms with Crippen molar-refractivity contribution in [2.75, 3.05) is 4.90 Å². The lowest BCUT2D eigenvalue weighted by Gasteiger charge is -2.38. The van der Waals surface area contributed by atoms with Crippen molar-refractivity contribution in [3.8, 4) is 39.9 Å². The Morgan fingerprint density at radius 1 is 0.534 bits per heavy atom. The van der Waals surface area contributed by atoms with Crippen molar-refractivity contribution in [2.45, 2.75) is 18.4 Å². The Kier molecular flexibility index (Phi) is 7.22. The minimum absolute atomic E-state index is 0.112. The third-order valence-electron chi connectivity index (χ3n) is 12.1. The first-order valence-corrected chi connectivity index (χ1v) is 20.5. The molecule has 12 rings (SSSR count). The van der Waals surface area contributed by atoms with Crippen molar-refractivity contribution in [1.82, 2.24) is 19.5 Å². The van der Waals surface area contributed by atoms with Crippen LogP contribution in [0.4, 0.5) is 11.4 Å². The third-order valence-corrected chi connectivity index (χ3v) is 13.2. The third kappa shape index (κ3) is 4.92. The Hall–Kier alpha value is -7.15. The van der Waals surface area contributed by atoms with Crippen LogP contribution in [0.2, 0.25) is 0 Å². The van der Waals surface area contributed by atoms with E-state index in [0.717, 1.165) is 28.0 Å². The van der Waals surface area contributed by atoms with E-state index >= 15 is 0 Å². The summed E-state index contributed by atoms with van der Waals surface area (Å²) < 4.78 is 4.81. The molecule has 2 aliphatic rings. The van der Waals surface area contributed by atoms with Gasteiger partial charge in [-0.2, -0.15) is 9.97 Å². The molecule has 0 saturated carbocycles. The van der Waals surface area contributed by atoms with Crippen molar-refractivity contribution in [1.29, 1.82) is 0 Å². The average molecular weight is 762 g/mol. The maximum Gasteiger partial charge on any atom is 0.238 e. The van der Waals surface area contributed by atoms with Crippen LogP contribution in [-0.2, 0) is 5.41 Å². The van der Waals surface area contributed by atoms with Crippen molar-refractivity contribution in [2.24, 2.45) is 0 Å². The van der Waals surface area contributed by atoms with Crippen LogP contribution in [0.15, 0.2) is 182 Å². The number of hydrogen-bond acceptors (Lipinski definition) is 5. The highest BCUT2D eigenvalue weighted by Gasteiger charge is 2.52. The fourth-order valence-electron chi connectivity index (χ4n) is 9.41. The van der Waals surface area contributed by atoms with E-state index in [1.165, 1.54) is 53.5 Å². The highest BCUT2D eigenvalue weighted by atomic mass is 32.1. The van der Waals surface area contributed by atoms with Crippen molar-refractivity contribution in [3.05, 3.63) is 199 Å². The summed E-state index contributed by atoms with van der Waals surface area (Å²) in [5.74, 6) is 1.88. The number of rotatable bonds is 5. The Morgan fingerprint density at radius 2 is 1.21 bits per heavy atom. The minimum Gasteiger partial charge on any atom is -0.331 e. The van der Waals surface area contributed by atoms with Gasteiger partial charge in [0.25, 0.3) is 0 Å². The van der Waals surface area contributed by atoms with E-state index in [2.05, 4.69) is 186 Å². The molecule has 7 aromatic carbocycles. The molecule has 2 atom stereocenters. The van der Waals surface area contributed by atoms with Crippen LogP contribution in [0.5, 0.6) is 0 Å². The van der Waals surface area contributed by atoms with Gasteiger partial charge in [0.1, 0.15) is 0 Å². The molecule has 3 aromatic heterocycles. The van der Waals surface area contributed by atoms with Crippen LogP contribution in [-0.4, -0.2) is 19.5 Å². The van der Waals surface area contributed by atoms with Crippen LogP contribution in [0.3, 0.4) is 0 Å². The maximum absolute atomic E-state index is 5.43. The summed E-state index contributed by atoms with van der Waals surface area (Å²) in [7, 11) is 0. The number of thiophene rings is 1. The van der Waals surface area contributed by atoms with E-state index in [0.29, 0.717) is 17.6 Å². The lowest BCUT2D eigenvalue weighted by Crippen LogP contribution is -2.35. The molecule has 6 heteroatoms. The number of anilines is 2. The summed E-state index contributed by atoms with van der Waals surface area (Å²) in [5, 5.41) is 3.68. The normalized spacial score (nSPS) is 16.8. The highest BCUT2D eigenvalue weighted by Crippen LogP contribution is 2.60. The summed E-state index contributed by atoms with van der Waals surface area (Å²) in [5.41, 5.74) is 11.0. The van der Waals surface area contributed by atoms with Gasteiger partial charge in [0.2, 0.25) is 5.95 Å². The predicted molar refractivity (Wildman–Crippen MR) is 240 cm³/mol. The van der Waals surface area contributed by atoms with Crippen molar-refractivity contribution in [3.63, 3.8) is 0 Å². The fourth-order valence-corrected chi connectivity index (χ4v) is 10.6. The number of fused-ring (bicyclic) bond motifs is 10. The molecule has 1 aliphatic carbocycles. The van der Waals surface area contributed by atoms with E-state index in [9.17, 15) is 0 Å². The van der Waals surface area contributed by atoms with Gasteiger partial charge in [0, 0.05) is 59.0 Å².